The van der Waals surface area contributed by atoms with Crippen LogP contribution in [0.2, 0.25) is 0 Å². The molecule has 0 amide bonds. The Morgan fingerprint density at radius 3 is 2.03 bits per heavy atom. The average molecular weight is 520 g/mol. The summed E-state index contributed by atoms with van der Waals surface area (Å²) >= 11 is 0. The van der Waals surface area contributed by atoms with Crippen LogP contribution in [0.25, 0.3) is 10.8 Å². The third-order valence-corrected chi connectivity index (χ3v) is 5.96. The Morgan fingerprint density at radius 2 is 1.47 bits per heavy atom. The molecule has 3 heteroatoms. The summed E-state index contributed by atoms with van der Waals surface area (Å²) in [4.78, 5) is 8.00. The molecule has 0 unspecified atom stereocenters. The fourth-order valence-corrected chi connectivity index (χ4v) is 4.02. The van der Waals surface area contributed by atoms with Gasteiger partial charge in [0.2, 0.25) is 0 Å². The quantitative estimate of drug-likeness (QED) is 0.270. The molecule has 38 heavy (non-hydrogen) atoms. The highest BCUT2D eigenvalue weighted by Gasteiger charge is 2.11. The van der Waals surface area contributed by atoms with Gasteiger partial charge in [0.25, 0.3) is 0 Å². The number of hydrogen-bond acceptors (Lipinski definition) is 3. The van der Waals surface area contributed by atoms with Gasteiger partial charge >= 0.3 is 0 Å². The molecule has 0 saturated carbocycles. The highest BCUT2D eigenvalue weighted by Crippen LogP contribution is 2.26. The fraction of sp³-hybridized carbons (Fsp3) is 0.457. The van der Waals surface area contributed by atoms with Crippen LogP contribution in [0.5, 0.6) is 5.75 Å². The van der Waals surface area contributed by atoms with Gasteiger partial charge in [-0.25, -0.2) is 0 Å². The molecular formula is C35H53NO2. The van der Waals surface area contributed by atoms with Crippen molar-refractivity contribution in [1.29, 1.82) is 0 Å². The smallest absolute Gasteiger partial charge is 0.122 e. The number of carbonyl (C=O) groups excluding carboxylic acids is 1. The second-order valence-electron chi connectivity index (χ2n) is 8.62. The molecule has 3 nitrogen and oxygen atoms in total. The van der Waals surface area contributed by atoms with Gasteiger partial charge in [-0.1, -0.05) is 114 Å². The van der Waals surface area contributed by atoms with Gasteiger partial charge in [-0.2, -0.15) is 0 Å². The SMILES string of the molecule is C#C.C=O.CC.CCCCCC.CCc1cc2c(cc1OC)CNCCC2.Cc1ccc2ccccc2c1. The van der Waals surface area contributed by atoms with Crippen molar-refractivity contribution < 1.29 is 9.53 Å². The number of nitrogens with one attached hydrogen (secondary N) is 1. The van der Waals surface area contributed by atoms with Gasteiger partial charge < -0.3 is 14.8 Å². The Bertz CT molecular complexity index is 957. The van der Waals surface area contributed by atoms with Crippen molar-refractivity contribution in [2.45, 2.75) is 93.0 Å². The molecule has 3 aromatic carbocycles. The lowest BCUT2D eigenvalue weighted by atomic mass is 9.99. The molecule has 0 fully saturated rings. The largest absolute Gasteiger partial charge is 0.496 e. The molecule has 0 radical (unpaired) electrons. The van der Waals surface area contributed by atoms with Crippen molar-refractivity contribution in [2.75, 3.05) is 13.7 Å². The molecule has 0 bridgehead atoms. The van der Waals surface area contributed by atoms with E-state index in [9.17, 15) is 0 Å². The second kappa shape index (κ2) is 25.6. The zero-order valence-corrected chi connectivity index (χ0v) is 25.2. The summed E-state index contributed by atoms with van der Waals surface area (Å²) in [5.74, 6) is 1.04. The fourth-order valence-electron chi connectivity index (χ4n) is 4.02. The first-order valence-corrected chi connectivity index (χ1v) is 14.1. The first kappa shape index (κ1) is 37.1. The monoisotopic (exact) mass is 519 g/mol. The summed E-state index contributed by atoms with van der Waals surface area (Å²) in [6, 6.07) is 19.4. The third-order valence-electron chi connectivity index (χ3n) is 5.96. The lowest BCUT2D eigenvalue weighted by Gasteiger charge is -2.12. The van der Waals surface area contributed by atoms with E-state index in [4.69, 9.17) is 9.53 Å². The Kier molecular flexibility index (Phi) is 24.9. The molecule has 1 heterocycles. The minimum atomic E-state index is 0.982. The van der Waals surface area contributed by atoms with Gasteiger partial charge in [0.15, 0.2) is 0 Å². The molecule has 0 atom stereocenters. The summed E-state index contributed by atoms with van der Waals surface area (Å²) in [6.07, 6.45) is 17.0. The standard InChI is InChI=1S/C13H19NO.C11H10.C6H14.C2H6.C2H2.CH2O/c1-3-10-7-11-5-4-6-14-9-12(11)8-13(10)15-2;1-9-6-7-10-4-2-3-5-11(10)8-9;1-3-5-6-4-2;3*1-2/h7-8,14H,3-6,9H2,1-2H3;2-8H,1H3;3-6H2,1-2H3;1-2H3;1-2H;1H2. The molecule has 0 saturated heterocycles. The van der Waals surface area contributed by atoms with E-state index < -0.39 is 0 Å². The molecular weight excluding hydrogens is 466 g/mol. The average Bonchev–Trinajstić information content (AvgIpc) is 3.23. The number of benzene rings is 3. The van der Waals surface area contributed by atoms with Crippen LogP contribution in [0.1, 0.15) is 89.0 Å². The highest BCUT2D eigenvalue weighted by atomic mass is 16.5. The van der Waals surface area contributed by atoms with Gasteiger partial charge in [0.05, 0.1) is 7.11 Å². The van der Waals surface area contributed by atoms with Gasteiger partial charge in [0.1, 0.15) is 12.5 Å². The maximum Gasteiger partial charge on any atom is 0.122 e. The number of unbranched alkanes of at least 4 members (excludes halogenated alkanes) is 3. The van der Waals surface area contributed by atoms with Crippen molar-refractivity contribution >= 4 is 17.6 Å². The van der Waals surface area contributed by atoms with E-state index in [1.165, 1.54) is 71.6 Å². The molecule has 1 N–H and O–H groups in total. The number of terminal acetylenes is 1. The normalized spacial score (nSPS) is 10.9. The van der Waals surface area contributed by atoms with Gasteiger partial charge in [-0.15, -0.1) is 12.8 Å². The van der Waals surface area contributed by atoms with E-state index in [-0.39, 0.29) is 0 Å². The minimum Gasteiger partial charge on any atom is -0.496 e. The molecule has 4 rings (SSSR count). The third kappa shape index (κ3) is 14.6. The van der Waals surface area contributed by atoms with Crippen LogP contribution in [0.4, 0.5) is 0 Å². The number of rotatable bonds is 5. The van der Waals surface area contributed by atoms with Crippen molar-refractivity contribution in [3.05, 3.63) is 76.9 Å². The van der Waals surface area contributed by atoms with Crippen LogP contribution in [-0.4, -0.2) is 20.4 Å². The molecule has 3 aromatic rings. The first-order valence-electron chi connectivity index (χ1n) is 14.1. The van der Waals surface area contributed by atoms with E-state index in [1.54, 1.807) is 7.11 Å². The van der Waals surface area contributed by atoms with Crippen LogP contribution in [0.15, 0.2) is 54.6 Å². The van der Waals surface area contributed by atoms with Crippen molar-refractivity contribution in [2.24, 2.45) is 0 Å². The molecule has 1 aliphatic rings. The maximum absolute atomic E-state index is 8.00. The Balaban J connectivity index is 0. The molecule has 0 aliphatic carbocycles. The summed E-state index contributed by atoms with van der Waals surface area (Å²) in [7, 11) is 1.75. The van der Waals surface area contributed by atoms with Crippen LogP contribution in [0.3, 0.4) is 0 Å². The predicted octanol–water partition coefficient (Wildman–Crippen LogP) is 9.12. The summed E-state index contributed by atoms with van der Waals surface area (Å²) in [5.41, 5.74) is 5.56. The van der Waals surface area contributed by atoms with Crippen LogP contribution in [0, 0.1) is 19.8 Å². The Morgan fingerprint density at radius 1 is 0.868 bits per heavy atom. The van der Waals surface area contributed by atoms with Crippen molar-refractivity contribution in [1.82, 2.24) is 5.32 Å². The molecule has 0 spiro atoms. The lowest BCUT2D eigenvalue weighted by Crippen LogP contribution is -2.12. The van der Waals surface area contributed by atoms with E-state index in [1.807, 2.05) is 20.6 Å². The van der Waals surface area contributed by atoms with Crippen LogP contribution in [-0.2, 0) is 24.2 Å². The van der Waals surface area contributed by atoms with Crippen LogP contribution >= 0.6 is 0 Å². The zero-order chi connectivity index (χ0) is 29.2. The van der Waals surface area contributed by atoms with Crippen LogP contribution < -0.4 is 10.1 Å². The van der Waals surface area contributed by atoms with Crippen molar-refractivity contribution in [3.63, 3.8) is 0 Å². The maximum atomic E-state index is 8.00. The van der Waals surface area contributed by atoms with E-state index in [0.29, 0.717) is 0 Å². The van der Waals surface area contributed by atoms with Crippen molar-refractivity contribution in [3.8, 4) is 18.6 Å². The molecule has 1 aliphatic heterocycles. The van der Waals surface area contributed by atoms with Gasteiger partial charge in [-0.05, 0) is 66.3 Å². The lowest BCUT2D eigenvalue weighted by molar-refractivity contribution is -0.0980. The molecule has 210 valence electrons. The zero-order valence-electron chi connectivity index (χ0n) is 25.2. The summed E-state index contributed by atoms with van der Waals surface area (Å²) in [6.45, 7) is 16.9. The molecule has 0 aromatic heterocycles. The highest BCUT2D eigenvalue weighted by molar-refractivity contribution is 5.82. The van der Waals surface area contributed by atoms with E-state index in [0.717, 1.165) is 25.3 Å². The summed E-state index contributed by atoms with van der Waals surface area (Å²) in [5, 5.41) is 6.08. The minimum absolute atomic E-state index is 0.982. The number of methoxy groups -OCH3 is 1. The number of ether oxygens (including phenoxy) is 1. The van der Waals surface area contributed by atoms with E-state index in [2.05, 4.69) is 100 Å². The Hall–Kier alpha value is -3.09. The van der Waals surface area contributed by atoms with Gasteiger partial charge in [0, 0.05) is 6.54 Å². The predicted molar refractivity (Wildman–Crippen MR) is 169 cm³/mol. The topological polar surface area (TPSA) is 38.3 Å². The Labute approximate surface area is 234 Å². The summed E-state index contributed by atoms with van der Waals surface area (Å²) < 4.78 is 5.42. The van der Waals surface area contributed by atoms with E-state index >= 15 is 0 Å². The number of carbonyl (C=O) groups is 1. The second-order valence-corrected chi connectivity index (χ2v) is 8.62. The number of aryl methyl sites for hydroxylation is 3. The number of hydrogen-bond donors (Lipinski definition) is 1. The van der Waals surface area contributed by atoms with Gasteiger partial charge in [-0.3, -0.25) is 0 Å². The number of fused-ring (bicyclic) bond motifs is 2. The first-order chi connectivity index (χ1) is 18.6.